The number of anilines is 2. The van der Waals surface area contributed by atoms with Crippen LogP contribution in [0, 0.1) is 22.9 Å². The molecule has 2 rings (SSSR count). The number of benzene rings is 1. The molecule has 0 fully saturated rings. The first-order valence-electron chi connectivity index (χ1n) is 5.71. The average Bonchev–Trinajstić information content (AvgIpc) is 2.40. The number of rotatable bonds is 4. The fourth-order valence-electron chi connectivity index (χ4n) is 1.69. The first kappa shape index (κ1) is 14.9. The number of aromatic nitrogens is 2. The van der Waals surface area contributed by atoms with E-state index in [4.69, 9.17) is 16.3 Å². The second-order valence-corrected chi connectivity index (χ2v) is 4.34. The van der Waals surface area contributed by atoms with Crippen LogP contribution in [-0.4, -0.2) is 22.0 Å². The maximum Gasteiger partial charge on any atom is 0.332 e. The summed E-state index contributed by atoms with van der Waals surface area (Å²) in [5.41, 5.74) is -0.320. The summed E-state index contributed by atoms with van der Waals surface area (Å²) in [5.74, 6) is -0.416. The van der Waals surface area contributed by atoms with Crippen LogP contribution in [0.25, 0.3) is 0 Å². The van der Waals surface area contributed by atoms with Gasteiger partial charge in [-0.2, -0.15) is 4.98 Å². The molecule has 9 heteroatoms. The van der Waals surface area contributed by atoms with Gasteiger partial charge in [-0.1, -0.05) is 0 Å². The van der Waals surface area contributed by atoms with Gasteiger partial charge < -0.3 is 10.1 Å². The molecule has 1 heterocycles. The highest BCUT2D eigenvalue weighted by molar-refractivity contribution is 6.28. The molecule has 0 aliphatic carbocycles. The van der Waals surface area contributed by atoms with E-state index < -0.39 is 10.7 Å². The van der Waals surface area contributed by atoms with Crippen LogP contribution < -0.4 is 10.1 Å². The van der Waals surface area contributed by atoms with Crippen LogP contribution in [0.2, 0.25) is 5.28 Å². The quantitative estimate of drug-likeness (QED) is 0.529. The van der Waals surface area contributed by atoms with E-state index in [1.807, 2.05) is 0 Å². The Kier molecular flexibility index (Phi) is 4.18. The van der Waals surface area contributed by atoms with E-state index in [0.717, 1.165) is 0 Å². The lowest BCUT2D eigenvalue weighted by Crippen LogP contribution is -2.05. The zero-order valence-electron chi connectivity index (χ0n) is 11.1. The highest BCUT2D eigenvalue weighted by Crippen LogP contribution is 2.31. The summed E-state index contributed by atoms with van der Waals surface area (Å²) < 4.78 is 18.7. The fourth-order valence-corrected chi connectivity index (χ4v) is 1.90. The third kappa shape index (κ3) is 3.16. The summed E-state index contributed by atoms with van der Waals surface area (Å²) >= 11 is 5.69. The Bertz CT molecular complexity index is 711. The highest BCUT2D eigenvalue weighted by atomic mass is 35.5. The third-order valence-corrected chi connectivity index (χ3v) is 2.81. The number of hydrogen-bond donors (Lipinski definition) is 1. The summed E-state index contributed by atoms with van der Waals surface area (Å²) in [6, 6.07) is 3.94. The molecule has 1 aromatic heterocycles. The second-order valence-electron chi connectivity index (χ2n) is 4.00. The molecule has 21 heavy (non-hydrogen) atoms. The van der Waals surface area contributed by atoms with Crippen LogP contribution >= 0.6 is 11.6 Å². The topological polar surface area (TPSA) is 90.2 Å². The number of nitro groups is 1. The van der Waals surface area contributed by atoms with Gasteiger partial charge in [0.1, 0.15) is 17.3 Å². The first-order chi connectivity index (χ1) is 9.92. The molecule has 0 radical (unpaired) electrons. The van der Waals surface area contributed by atoms with Crippen molar-refractivity contribution >= 4 is 28.8 Å². The smallest absolute Gasteiger partial charge is 0.332 e. The van der Waals surface area contributed by atoms with E-state index in [-0.39, 0.29) is 28.2 Å². The second kappa shape index (κ2) is 5.88. The lowest BCUT2D eigenvalue weighted by molar-refractivity contribution is -0.385. The van der Waals surface area contributed by atoms with Crippen molar-refractivity contribution in [1.82, 2.24) is 9.97 Å². The molecule has 0 atom stereocenters. The van der Waals surface area contributed by atoms with Crippen molar-refractivity contribution in [1.29, 1.82) is 0 Å². The van der Waals surface area contributed by atoms with Gasteiger partial charge in [-0.3, -0.25) is 10.1 Å². The van der Waals surface area contributed by atoms with Crippen LogP contribution in [0.3, 0.4) is 0 Å². The zero-order valence-corrected chi connectivity index (χ0v) is 11.8. The molecule has 0 saturated carbocycles. The van der Waals surface area contributed by atoms with Crippen molar-refractivity contribution in [3.05, 3.63) is 45.1 Å². The maximum absolute atomic E-state index is 13.8. The Morgan fingerprint density at radius 1 is 1.43 bits per heavy atom. The highest BCUT2D eigenvalue weighted by Gasteiger charge is 2.22. The fraction of sp³-hybridized carbons (Fsp3) is 0.167. The number of nitrogens with one attached hydrogen (secondary N) is 1. The van der Waals surface area contributed by atoms with E-state index in [2.05, 4.69) is 15.3 Å². The molecule has 110 valence electrons. The van der Waals surface area contributed by atoms with E-state index in [0.29, 0.717) is 5.75 Å². The monoisotopic (exact) mass is 312 g/mol. The van der Waals surface area contributed by atoms with Crippen molar-refractivity contribution in [2.45, 2.75) is 6.92 Å². The van der Waals surface area contributed by atoms with Crippen molar-refractivity contribution in [2.75, 3.05) is 12.4 Å². The zero-order chi connectivity index (χ0) is 15.6. The largest absolute Gasteiger partial charge is 0.497 e. The van der Waals surface area contributed by atoms with E-state index in [9.17, 15) is 14.5 Å². The lowest BCUT2D eigenvalue weighted by atomic mass is 10.2. The van der Waals surface area contributed by atoms with Gasteiger partial charge in [0.05, 0.1) is 17.7 Å². The molecule has 7 nitrogen and oxygen atoms in total. The molecule has 0 spiro atoms. The number of nitrogens with zero attached hydrogens (tertiary/aromatic N) is 3. The molecule has 0 saturated heterocycles. The maximum atomic E-state index is 13.8. The minimum Gasteiger partial charge on any atom is -0.497 e. The van der Waals surface area contributed by atoms with Gasteiger partial charge in [0, 0.05) is 6.07 Å². The van der Waals surface area contributed by atoms with E-state index >= 15 is 0 Å². The molecule has 0 aliphatic rings. The molecule has 0 amide bonds. The Morgan fingerprint density at radius 3 is 2.76 bits per heavy atom. The van der Waals surface area contributed by atoms with Crippen LogP contribution in [0.5, 0.6) is 5.75 Å². The normalized spacial score (nSPS) is 10.3. The Labute approximate surface area is 123 Å². The number of aryl methyl sites for hydroxylation is 1. The van der Waals surface area contributed by atoms with Gasteiger partial charge >= 0.3 is 5.69 Å². The van der Waals surface area contributed by atoms with E-state index in [1.54, 1.807) is 0 Å². The number of ether oxygens (including phenoxy) is 1. The van der Waals surface area contributed by atoms with Gasteiger partial charge in [0.15, 0.2) is 0 Å². The number of halogens is 2. The summed E-state index contributed by atoms with van der Waals surface area (Å²) in [4.78, 5) is 17.9. The number of methoxy groups -OCH3 is 1. The molecule has 1 aromatic carbocycles. The van der Waals surface area contributed by atoms with Crippen molar-refractivity contribution < 1.29 is 14.1 Å². The summed E-state index contributed by atoms with van der Waals surface area (Å²) in [6.07, 6.45) is 0. The molecule has 0 unspecified atom stereocenters. The molecular formula is C12H10ClFN4O3. The predicted octanol–water partition coefficient (Wildman–Crippen LogP) is 3.24. The van der Waals surface area contributed by atoms with Crippen molar-refractivity contribution in [3.63, 3.8) is 0 Å². The van der Waals surface area contributed by atoms with Gasteiger partial charge in [-0.05, 0) is 30.7 Å². The van der Waals surface area contributed by atoms with E-state index in [1.165, 1.54) is 32.2 Å². The van der Waals surface area contributed by atoms with Crippen LogP contribution in [-0.2, 0) is 0 Å². The van der Waals surface area contributed by atoms with Crippen molar-refractivity contribution in [2.24, 2.45) is 0 Å². The van der Waals surface area contributed by atoms with Crippen LogP contribution in [0.4, 0.5) is 21.6 Å². The van der Waals surface area contributed by atoms with Gasteiger partial charge in [0.2, 0.25) is 11.1 Å². The summed E-state index contributed by atoms with van der Waals surface area (Å²) in [6.45, 7) is 1.42. The Balaban J connectivity index is 2.51. The van der Waals surface area contributed by atoms with Crippen LogP contribution in [0.15, 0.2) is 18.2 Å². The number of hydrogen-bond acceptors (Lipinski definition) is 6. The first-order valence-corrected chi connectivity index (χ1v) is 6.09. The minimum atomic E-state index is -0.661. The van der Waals surface area contributed by atoms with Gasteiger partial charge in [-0.15, -0.1) is 0 Å². The molecular weight excluding hydrogens is 303 g/mol. The molecule has 0 aliphatic heterocycles. The van der Waals surface area contributed by atoms with Crippen LogP contribution in [0.1, 0.15) is 5.69 Å². The van der Waals surface area contributed by atoms with Gasteiger partial charge in [-0.25, -0.2) is 9.37 Å². The lowest BCUT2D eigenvalue weighted by Gasteiger charge is -2.10. The standard InChI is InChI=1S/C12H10ClFN4O3/c1-6-10(18(19)20)11(17-12(13)15-6)16-9-5-7(21-2)3-4-8(9)14/h3-5H,1-2H3,(H,15,16,17). The Morgan fingerprint density at radius 2 is 2.14 bits per heavy atom. The van der Waals surface area contributed by atoms with Crippen molar-refractivity contribution in [3.8, 4) is 5.75 Å². The SMILES string of the molecule is COc1ccc(F)c(Nc2nc(Cl)nc(C)c2[N+](=O)[O-])c1. The van der Waals surface area contributed by atoms with Gasteiger partial charge in [0.25, 0.3) is 0 Å². The molecule has 2 aromatic rings. The average molecular weight is 313 g/mol. The summed E-state index contributed by atoms with van der Waals surface area (Å²) in [5, 5.41) is 13.4. The predicted molar refractivity (Wildman–Crippen MR) is 74.7 cm³/mol. The summed E-state index contributed by atoms with van der Waals surface area (Å²) in [7, 11) is 1.42. The third-order valence-electron chi connectivity index (χ3n) is 2.64. The molecule has 1 N–H and O–H groups in total. The molecule has 0 bridgehead atoms. The Hall–Kier alpha value is -2.48. The minimum absolute atomic E-state index is 0.0217.